The van der Waals surface area contributed by atoms with Crippen molar-refractivity contribution in [2.75, 3.05) is 0 Å². The van der Waals surface area contributed by atoms with E-state index in [1.54, 1.807) is 11.3 Å². The van der Waals surface area contributed by atoms with Gasteiger partial charge in [-0.15, -0.1) is 11.3 Å². The third-order valence-electron chi connectivity index (χ3n) is 2.54. The van der Waals surface area contributed by atoms with Gasteiger partial charge in [0.15, 0.2) is 0 Å². The molecule has 0 fully saturated rings. The lowest BCUT2D eigenvalue weighted by atomic mass is 10.0. The summed E-state index contributed by atoms with van der Waals surface area (Å²) < 4.78 is 14.3. The summed E-state index contributed by atoms with van der Waals surface area (Å²) in [5, 5.41) is 0. The molecule has 0 radical (unpaired) electrons. The minimum atomic E-state index is -0.280. The number of thiophene rings is 1. The molecule has 0 amide bonds. The molecule has 1 aromatic heterocycles. The lowest BCUT2D eigenvalue weighted by Gasteiger charge is -2.12. The van der Waals surface area contributed by atoms with Crippen molar-refractivity contribution in [3.05, 3.63) is 55.4 Å². The normalized spacial score (nSPS) is 12.8. The fraction of sp³-hybridized carbons (Fsp3) is 0.231. The van der Waals surface area contributed by atoms with Gasteiger partial charge in [-0.1, -0.05) is 6.07 Å². The minimum Gasteiger partial charge on any atom is -0.320 e. The fourth-order valence-electron chi connectivity index (χ4n) is 1.81. The van der Waals surface area contributed by atoms with E-state index in [0.717, 1.165) is 20.5 Å². The number of halogens is 2. The summed E-state index contributed by atoms with van der Waals surface area (Å²) in [6.07, 6.45) is 0. The number of hydrogen-bond donors (Lipinski definition) is 1. The van der Waals surface area contributed by atoms with Crippen LogP contribution in [0.5, 0.6) is 0 Å². The molecule has 2 rings (SSSR count). The zero-order valence-electron chi connectivity index (χ0n) is 9.63. The standard InChI is InChI=1S/C13H13BrFNS/c1-7-3-9(6-10(15)4-7)12(16)13-11(14)5-8(2)17-13/h3-6,12H,16H2,1-2H3. The highest BCUT2D eigenvalue weighted by molar-refractivity contribution is 9.10. The molecule has 17 heavy (non-hydrogen) atoms. The van der Waals surface area contributed by atoms with Crippen LogP contribution in [-0.2, 0) is 0 Å². The number of rotatable bonds is 2. The molecule has 1 atom stereocenters. The molecule has 2 N–H and O–H groups in total. The number of aryl methyl sites for hydroxylation is 2. The van der Waals surface area contributed by atoms with Crippen LogP contribution in [0.4, 0.5) is 4.39 Å². The summed E-state index contributed by atoms with van der Waals surface area (Å²) in [6, 6.07) is 6.68. The molecule has 0 aliphatic carbocycles. The van der Waals surface area contributed by atoms with E-state index >= 15 is 0 Å². The van der Waals surface area contributed by atoms with E-state index in [-0.39, 0.29) is 11.9 Å². The Labute approximate surface area is 113 Å². The van der Waals surface area contributed by atoms with E-state index in [1.807, 2.05) is 26.0 Å². The van der Waals surface area contributed by atoms with Gasteiger partial charge in [-0.2, -0.15) is 0 Å². The summed E-state index contributed by atoms with van der Waals surface area (Å²) >= 11 is 5.12. The summed E-state index contributed by atoms with van der Waals surface area (Å²) in [7, 11) is 0. The smallest absolute Gasteiger partial charge is 0.123 e. The summed E-state index contributed by atoms with van der Waals surface area (Å²) in [5.41, 5.74) is 7.88. The number of hydrogen-bond acceptors (Lipinski definition) is 2. The second kappa shape index (κ2) is 4.88. The van der Waals surface area contributed by atoms with Crippen molar-refractivity contribution >= 4 is 27.3 Å². The van der Waals surface area contributed by atoms with Gasteiger partial charge in [0.2, 0.25) is 0 Å². The number of nitrogens with two attached hydrogens (primary N) is 1. The Bertz CT molecular complexity index is 530. The van der Waals surface area contributed by atoms with Crippen molar-refractivity contribution in [3.63, 3.8) is 0 Å². The highest BCUT2D eigenvalue weighted by Gasteiger charge is 2.16. The van der Waals surface area contributed by atoms with Crippen LogP contribution in [0.1, 0.15) is 26.9 Å². The van der Waals surface area contributed by atoms with E-state index in [9.17, 15) is 4.39 Å². The third-order valence-corrected chi connectivity index (χ3v) is 4.59. The van der Waals surface area contributed by atoms with E-state index < -0.39 is 0 Å². The van der Waals surface area contributed by atoms with E-state index in [2.05, 4.69) is 15.9 Å². The average molecular weight is 314 g/mol. The Morgan fingerprint density at radius 1 is 1.24 bits per heavy atom. The lowest BCUT2D eigenvalue weighted by molar-refractivity contribution is 0.622. The van der Waals surface area contributed by atoms with Crippen LogP contribution in [0.15, 0.2) is 28.7 Å². The molecule has 0 saturated heterocycles. The first kappa shape index (κ1) is 12.7. The topological polar surface area (TPSA) is 26.0 Å². The maximum atomic E-state index is 13.3. The van der Waals surface area contributed by atoms with Crippen molar-refractivity contribution < 1.29 is 4.39 Å². The molecule has 2 aromatic rings. The minimum absolute atomic E-state index is 0.236. The van der Waals surface area contributed by atoms with Crippen LogP contribution in [0.3, 0.4) is 0 Å². The molecular weight excluding hydrogens is 301 g/mol. The predicted octanol–water partition coefficient (Wildman–Crippen LogP) is 4.31. The Hall–Kier alpha value is -0.710. The Kier molecular flexibility index (Phi) is 3.66. The highest BCUT2D eigenvalue weighted by atomic mass is 79.9. The van der Waals surface area contributed by atoms with Crippen molar-refractivity contribution in [2.24, 2.45) is 5.73 Å². The second-order valence-corrected chi connectivity index (χ2v) is 6.25. The molecule has 0 spiro atoms. The Morgan fingerprint density at radius 3 is 2.47 bits per heavy atom. The molecular formula is C13H13BrFNS. The molecule has 1 unspecified atom stereocenters. The molecule has 4 heteroatoms. The van der Waals surface area contributed by atoms with E-state index in [0.29, 0.717) is 0 Å². The largest absolute Gasteiger partial charge is 0.320 e. The van der Waals surface area contributed by atoms with Gasteiger partial charge in [0.25, 0.3) is 0 Å². The van der Waals surface area contributed by atoms with Crippen LogP contribution in [-0.4, -0.2) is 0 Å². The van der Waals surface area contributed by atoms with E-state index in [1.165, 1.54) is 17.0 Å². The van der Waals surface area contributed by atoms with Crippen molar-refractivity contribution in [3.8, 4) is 0 Å². The van der Waals surface area contributed by atoms with Crippen LogP contribution in [0.25, 0.3) is 0 Å². The summed E-state index contributed by atoms with van der Waals surface area (Å²) in [6.45, 7) is 3.90. The third kappa shape index (κ3) is 2.76. The fourth-order valence-corrected chi connectivity index (χ4v) is 3.74. The SMILES string of the molecule is Cc1cc(F)cc(C(N)c2sc(C)cc2Br)c1. The van der Waals surface area contributed by atoms with Crippen LogP contribution in [0.2, 0.25) is 0 Å². The van der Waals surface area contributed by atoms with E-state index in [4.69, 9.17) is 5.73 Å². The predicted molar refractivity (Wildman–Crippen MR) is 73.9 cm³/mol. The molecule has 90 valence electrons. The maximum absolute atomic E-state index is 13.3. The van der Waals surface area contributed by atoms with Crippen LogP contribution < -0.4 is 5.73 Å². The van der Waals surface area contributed by atoms with Gasteiger partial charge in [-0.25, -0.2) is 4.39 Å². The van der Waals surface area contributed by atoms with Gasteiger partial charge in [-0.05, 0) is 59.1 Å². The molecule has 0 aliphatic rings. The zero-order chi connectivity index (χ0) is 12.6. The molecule has 0 aliphatic heterocycles. The Morgan fingerprint density at radius 2 is 1.94 bits per heavy atom. The van der Waals surface area contributed by atoms with Gasteiger partial charge in [0.05, 0.1) is 6.04 Å². The van der Waals surface area contributed by atoms with Gasteiger partial charge in [-0.3, -0.25) is 0 Å². The van der Waals surface area contributed by atoms with Crippen molar-refractivity contribution in [2.45, 2.75) is 19.9 Å². The Balaban J connectivity index is 2.43. The molecule has 1 nitrogen and oxygen atoms in total. The van der Waals surface area contributed by atoms with Crippen molar-refractivity contribution in [1.82, 2.24) is 0 Å². The maximum Gasteiger partial charge on any atom is 0.123 e. The second-order valence-electron chi connectivity index (χ2n) is 4.11. The first-order valence-electron chi connectivity index (χ1n) is 5.26. The molecule has 0 saturated carbocycles. The van der Waals surface area contributed by atoms with Crippen LogP contribution >= 0.6 is 27.3 Å². The van der Waals surface area contributed by atoms with Crippen LogP contribution in [0, 0.1) is 19.7 Å². The van der Waals surface area contributed by atoms with Crippen molar-refractivity contribution in [1.29, 1.82) is 0 Å². The first-order valence-corrected chi connectivity index (χ1v) is 6.87. The zero-order valence-corrected chi connectivity index (χ0v) is 12.0. The monoisotopic (exact) mass is 313 g/mol. The van der Waals surface area contributed by atoms with Gasteiger partial charge in [0.1, 0.15) is 5.82 Å². The van der Waals surface area contributed by atoms with Gasteiger partial charge >= 0.3 is 0 Å². The molecule has 1 aromatic carbocycles. The quantitative estimate of drug-likeness (QED) is 0.878. The first-order chi connectivity index (χ1) is 7.97. The number of benzene rings is 1. The summed E-state index contributed by atoms with van der Waals surface area (Å²) in [5.74, 6) is -0.236. The highest BCUT2D eigenvalue weighted by Crippen LogP contribution is 2.34. The average Bonchev–Trinajstić information content (AvgIpc) is 2.55. The molecule has 1 heterocycles. The van der Waals surface area contributed by atoms with Gasteiger partial charge in [0, 0.05) is 14.2 Å². The molecule has 0 bridgehead atoms. The van der Waals surface area contributed by atoms with Gasteiger partial charge < -0.3 is 5.73 Å². The summed E-state index contributed by atoms with van der Waals surface area (Å²) in [4.78, 5) is 2.22. The lowest BCUT2D eigenvalue weighted by Crippen LogP contribution is -2.11.